The first-order valence-electron chi connectivity index (χ1n) is 8.38. The largest absolute Gasteiger partial charge is 0.395 e. The van der Waals surface area contributed by atoms with Crippen LogP contribution in [0.4, 0.5) is 5.82 Å². The number of carbonyl (C=O) groups excluding carboxylic acids is 1. The topological polar surface area (TPSA) is 79.2 Å². The number of carbonyl (C=O) groups is 1. The van der Waals surface area contributed by atoms with Gasteiger partial charge in [0.15, 0.2) is 0 Å². The van der Waals surface area contributed by atoms with Gasteiger partial charge in [-0.05, 0) is 45.4 Å². The molecule has 2 aromatic heterocycles. The van der Waals surface area contributed by atoms with Crippen LogP contribution in [0.5, 0.6) is 0 Å². The molecule has 1 aliphatic heterocycles. The van der Waals surface area contributed by atoms with E-state index in [0.29, 0.717) is 12.4 Å². The van der Waals surface area contributed by atoms with Gasteiger partial charge in [0, 0.05) is 10.9 Å². The van der Waals surface area contributed by atoms with Crippen molar-refractivity contribution >= 4 is 34.7 Å². The van der Waals surface area contributed by atoms with Gasteiger partial charge >= 0.3 is 0 Å². The molecule has 0 spiro atoms. The van der Waals surface area contributed by atoms with Crippen molar-refractivity contribution < 1.29 is 9.90 Å². The van der Waals surface area contributed by atoms with Crippen molar-refractivity contribution in [3.8, 4) is 0 Å². The summed E-state index contributed by atoms with van der Waals surface area (Å²) in [4.78, 5) is 13.9. The summed E-state index contributed by atoms with van der Waals surface area (Å²) >= 11 is 7.48. The minimum atomic E-state index is -0.894. The van der Waals surface area contributed by atoms with Gasteiger partial charge in [0.1, 0.15) is 5.82 Å². The number of aromatic nitrogens is 2. The molecule has 3 rings (SSSR count). The van der Waals surface area contributed by atoms with Gasteiger partial charge in [0.05, 0.1) is 34.6 Å². The van der Waals surface area contributed by atoms with Gasteiger partial charge in [-0.3, -0.25) is 4.79 Å². The lowest BCUT2D eigenvalue weighted by Crippen LogP contribution is -2.34. The second-order valence-corrected chi connectivity index (χ2v) is 8.72. The van der Waals surface area contributed by atoms with Gasteiger partial charge in [-0.15, -0.1) is 11.3 Å². The molecule has 0 bridgehead atoms. The minimum absolute atomic E-state index is 0.169. The Bertz CT molecular complexity index is 750. The molecule has 0 radical (unpaired) electrons. The monoisotopic (exact) mass is 382 g/mol. The molecule has 3 heterocycles. The lowest BCUT2D eigenvalue weighted by atomic mass is 9.94. The average molecular weight is 383 g/mol. The molecule has 136 valence electrons. The Morgan fingerprint density at radius 2 is 2.36 bits per heavy atom. The van der Waals surface area contributed by atoms with E-state index in [1.54, 1.807) is 13.8 Å². The van der Waals surface area contributed by atoms with Crippen LogP contribution >= 0.6 is 22.9 Å². The number of nitrogens with one attached hydrogen (secondary N) is 2. The van der Waals surface area contributed by atoms with Crippen molar-refractivity contribution in [3.63, 3.8) is 0 Å². The molecular formula is C17H23ClN4O2S. The SMILES string of the molecule is CC(C)(CO)C(=O)n1nc(C2CCCN2)cc1NCc1ccc(Cl)s1. The molecule has 1 unspecified atom stereocenters. The van der Waals surface area contributed by atoms with Crippen LogP contribution in [0.25, 0.3) is 0 Å². The molecule has 0 aliphatic carbocycles. The highest BCUT2D eigenvalue weighted by Crippen LogP contribution is 2.28. The third-order valence-electron chi connectivity index (χ3n) is 4.38. The molecule has 3 N–H and O–H groups in total. The van der Waals surface area contributed by atoms with E-state index in [1.165, 1.54) is 16.0 Å². The third-order valence-corrected chi connectivity index (χ3v) is 5.62. The molecular weight excluding hydrogens is 360 g/mol. The Morgan fingerprint density at radius 1 is 1.56 bits per heavy atom. The Balaban J connectivity index is 1.86. The van der Waals surface area contributed by atoms with E-state index in [1.807, 2.05) is 18.2 Å². The maximum absolute atomic E-state index is 12.8. The zero-order valence-corrected chi connectivity index (χ0v) is 16.0. The number of thiophene rings is 1. The second-order valence-electron chi connectivity index (χ2n) is 6.92. The van der Waals surface area contributed by atoms with Crippen molar-refractivity contribution in [2.24, 2.45) is 5.41 Å². The first-order valence-corrected chi connectivity index (χ1v) is 9.57. The summed E-state index contributed by atoms with van der Waals surface area (Å²) in [5, 5.41) is 20.8. The molecule has 1 saturated heterocycles. The van der Waals surface area contributed by atoms with Crippen molar-refractivity contribution in [2.45, 2.75) is 39.3 Å². The smallest absolute Gasteiger partial charge is 0.256 e. The normalized spacial score (nSPS) is 17.8. The summed E-state index contributed by atoms with van der Waals surface area (Å²) in [6, 6.07) is 5.90. The Morgan fingerprint density at radius 3 is 2.96 bits per heavy atom. The number of halogens is 1. The van der Waals surface area contributed by atoms with Crippen LogP contribution in [0.1, 0.15) is 48.1 Å². The van der Waals surface area contributed by atoms with Gasteiger partial charge in [0.2, 0.25) is 0 Å². The first kappa shape index (κ1) is 18.4. The number of aliphatic hydroxyl groups excluding tert-OH is 1. The summed E-state index contributed by atoms with van der Waals surface area (Å²) in [5.74, 6) is 0.408. The minimum Gasteiger partial charge on any atom is -0.395 e. The Hall–Kier alpha value is -1.41. The van der Waals surface area contributed by atoms with Crippen LogP contribution in [-0.2, 0) is 6.54 Å². The summed E-state index contributed by atoms with van der Waals surface area (Å²) in [5.41, 5.74) is -0.0407. The van der Waals surface area contributed by atoms with Crippen molar-refractivity contribution in [1.29, 1.82) is 0 Å². The summed E-state index contributed by atoms with van der Waals surface area (Å²) in [7, 11) is 0. The van der Waals surface area contributed by atoms with E-state index in [9.17, 15) is 9.90 Å². The van der Waals surface area contributed by atoms with Crippen LogP contribution in [0.3, 0.4) is 0 Å². The van der Waals surface area contributed by atoms with E-state index in [2.05, 4.69) is 15.7 Å². The van der Waals surface area contributed by atoms with Crippen LogP contribution in [0.2, 0.25) is 4.34 Å². The van der Waals surface area contributed by atoms with E-state index < -0.39 is 5.41 Å². The zero-order chi connectivity index (χ0) is 18.0. The molecule has 0 saturated carbocycles. The van der Waals surface area contributed by atoms with E-state index in [-0.39, 0.29) is 18.6 Å². The predicted octanol–water partition coefficient (Wildman–Crippen LogP) is 3.29. The first-order chi connectivity index (χ1) is 11.9. The number of hydrogen-bond donors (Lipinski definition) is 3. The molecule has 1 atom stereocenters. The highest BCUT2D eigenvalue weighted by atomic mass is 35.5. The quantitative estimate of drug-likeness (QED) is 0.714. The number of nitrogens with zero attached hydrogens (tertiary/aromatic N) is 2. The number of rotatable bonds is 6. The molecule has 2 aromatic rings. The van der Waals surface area contributed by atoms with E-state index >= 15 is 0 Å². The molecule has 1 fully saturated rings. The summed E-state index contributed by atoms with van der Waals surface area (Å²) < 4.78 is 2.12. The second kappa shape index (κ2) is 7.45. The van der Waals surface area contributed by atoms with Gasteiger partial charge < -0.3 is 15.7 Å². The van der Waals surface area contributed by atoms with E-state index in [4.69, 9.17) is 11.6 Å². The lowest BCUT2D eigenvalue weighted by molar-refractivity contribution is 0.0615. The third kappa shape index (κ3) is 4.06. The van der Waals surface area contributed by atoms with Crippen molar-refractivity contribution in [1.82, 2.24) is 15.1 Å². The standard InChI is InChI=1S/C17H23ClN4O2S/c1-17(2,10-23)16(24)22-15(20-9-11-5-6-14(18)25-11)8-13(21-22)12-4-3-7-19-12/h5-6,8,12,19-20,23H,3-4,7,9-10H2,1-2H3. The maximum atomic E-state index is 12.8. The van der Waals surface area contributed by atoms with Gasteiger partial charge in [-0.2, -0.15) is 9.78 Å². The molecule has 0 amide bonds. The van der Waals surface area contributed by atoms with Gasteiger partial charge in [0.25, 0.3) is 5.91 Å². The molecule has 1 aliphatic rings. The average Bonchev–Trinajstić information content (AvgIpc) is 3.32. The fourth-order valence-corrected chi connectivity index (χ4v) is 3.79. The zero-order valence-electron chi connectivity index (χ0n) is 14.4. The van der Waals surface area contributed by atoms with Gasteiger partial charge in [-0.25, -0.2) is 0 Å². The summed E-state index contributed by atoms with van der Waals surface area (Å²) in [6.45, 7) is 4.72. The van der Waals surface area contributed by atoms with Crippen LogP contribution < -0.4 is 10.6 Å². The fourth-order valence-electron chi connectivity index (χ4n) is 2.77. The van der Waals surface area contributed by atoms with E-state index in [0.717, 1.165) is 34.3 Å². The molecule has 8 heteroatoms. The number of hydrogen-bond acceptors (Lipinski definition) is 6. The van der Waals surface area contributed by atoms with Crippen molar-refractivity contribution in [2.75, 3.05) is 18.5 Å². The predicted molar refractivity (Wildman–Crippen MR) is 100 cm³/mol. The maximum Gasteiger partial charge on any atom is 0.256 e. The fraction of sp³-hybridized carbons (Fsp3) is 0.529. The number of anilines is 1. The van der Waals surface area contributed by atoms with Gasteiger partial charge in [-0.1, -0.05) is 11.6 Å². The van der Waals surface area contributed by atoms with Crippen LogP contribution in [0.15, 0.2) is 18.2 Å². The molecule has 0 aromatic carbocycles. The molecule has 25 heavy (non-hydrogen) atoms. The lowest BCUT2D eigenvalue weighted by Gasteiger charge is -2.20. The highest BCUT2D eigenvalue weighted by Gasteiger charge is 2.32. The Kier molecular flexibility index (Phi) is 5.48. The van der Waals surface area contributed by atoms with Crippen molar-refractivity contribution in [3.05, 3.63) is 33.1 Å². The van der Waals surface area contributed by atoms with Crippen LogP contribution in [0, 0.1) is 5.41 Å². The molecule has 6 nitrogen and oxygen atoms in total. The summed E-state index contributed by atoms with van der Waals surface area (Å²) in [6.07, 6.45) is 2.11. The van der Waals surface area contributed by atoms with Crippen LogP contribution in [-0.4, -0.2) is 33.9 Å². The highest BCUT2D eigenvalue weighted by molar-refractivity contribution is 7.16. The number of aliphatic hydroxyl groups is 1. The Labute approximate surface area is 156 Å².